The van der Waals surface area contributed by atoms with Gasteiger partial charge in [0.1, 0.15) is 6.10 Å². The monoisotopic (exact) mass is 752 g/mol. The number of nitrogens with one attached hydrogen (secondary N) is 1. The molecule has 0 fully saturated rings. The minimum Gasteiger partial charge on any atom is -0.462 e. The molecular weight excluding hydrogens is 659 g/mol. The van der Waals surface area contributed by atoms with Crippen molar-refractivity contribution in [2.45, 2.75) is 283 Å². The average molecular weight is 752 g/mol. The van der Waals surface area contributed by atoms with E-state index in [0.29, 0.717) is 19.3 Å². The van der Waals surface area contributed by atoms with Crippen LogP contribution in [0.2, 0.25) is 0 Å². The Morgan fingerprint density at radius 1 is 0.472 bits per heavy atom. The highest BCUT2D eigenvalue weighted by atomic mass is 16.5. The van der Waals surface area contributed by atoms with E-state index in [1.54, 1.807) is 0 Å². The molecule has 3 N–H and O–H groups in total. The minimum atomic E-state index is -0.777. The molecule has 0 radical (unpaired) electrons. The number of rotatable bonds is 43. The third-order valence-corrected chi connectivity index (χ3v) is 11.2. The van der Waals surface area contributed by atoms with Crippen LogP contribution in [0.15, 0.2) is 0 Å². The van der Waals surface area contributed by atoms with Gasteiger partial charge in [0.2, 0.25) is 5.91 Å². The second-order valence-electron chi connectivity index (χ2n) is 16.5. The number of carbonyl (C=O) groups excluding carboxylic acids is 2. The molecule has 6 heteroatoms. The number of carbonyl (C=O) groups is 2. The maximum Gasteiger partial charge on any atom is 0.306 e. The summed E-state index contributed by atoms with van der Waals surface area (Å²) < 4.78 is 5.89. The van der Waals surface area contributed by atoms with E-state index in [2.05, 4.69) is 26.1 Å². The summed E-state index contributed by atoms with van der Waals surface area (Å²) in [6.07, 6.45) is 43.1. The highest BCUT2D eigenvalue weighted by Crippen LogP contribution is 2.18. The number of hydrogen-bond donors (Lipinski definition) is 3. The van der Waals surface area contributed by atoms with Crippen molar-refractivity contribution in [2.75, 3.05) is 6.61 Å². The molecule has 1 amide bonds. The van der Waals surface area contributed by atoms with E-state index >= 15 is 0 Å². The first kappa shape index (κ1) is 51.9. The highest BCUT2D eigenvalue weighted by molar-refractivity contribution is 5.77. The van der Waals surface area contributed by atoms with E-state index in [-0.39, 0.29) is 24.9 Å². The van der Waals surface area contributed by atoms with Crippen LogP contribution in [0.5, 0.6) is 0 Å². The Balaban J connectivity index is 4.36. The van der Waals surface area contributed by atoms with Gasteiger partial charge in [0.25, 0.3) is 0 Å². The van der Waals surface area contributed by atoms with Gasteiger partial charge in [-0.1, -0.05) is 226 Å². The lowest BCUT2D eigenvalue weighted by molar-refractivity contribution is -0.151. The summed E-state index contributed by atoms with van der Waals surface area (Å²) in [5.74, 6) is -0.461. The van der Waals surface area contributed by atoms with Crippen molar-refractivity contribution in [1.29, 1.82) is 0 Å². The fourth-order valence-electron chi connectivity index (χ4n) is 7.55. The zero-order chi connectivity index (χ0) is 38.9. The molecule has 0 saturated carbocycles. The van der Waals surface area contributed by atoms with Crippen LogP contribution in [-0.4, -0.2) is 46.9 Å². The predicted molar refractivity (Wildman–Crippen MR) is 227 cm³/mol. The van der Waals surface area contributed by atoms with Crippen molar-refractivity contribution in [3.8, 4) is 0 Å². The summed E-state index contributed by atoms with van der Waals surface area (Å²) >= 11 is 0. The molecule has 0 heterocycles. The maximum atomic E-state index is 13.1. The van der Waals surface area contributed by atoms with Crippen molar-refractivity contribution >= 4 is 11.9 Å². The topological polar surface area (TPSA) is 95.9 Å². The van der Waals surface area contributed by atoms with Gasteiger partial charge in [-0.25, -0.2) is 0 Å². The number of hydrogen-bond acceptors (Lipinski definition) is 5. The summed E-state index contributed by atoms with van der Waals surface area (Å²) in [5.41, 5.74) is 0. The Bertz CT molecular complexity index is 761. The van der Waals surface area contributed by atoms with Gasteiger partial charge in [-0.15, -0.1) is 0 Å². The molecule has 316 valence electrons. The molecule has 0 saturated heterocycles. The summed E-state index contributed by atoms with van der Waals surface area (Å²) in [5, 5.41) is 23.6. The van der Waals surface area contributed by atoms with Crippen LogP contribution >= 0.6 is 0 Å². The Morgan fingerprint density at radius 2 is 0.792 bits per heavy atom. The predicted octanol–water partition coefficient (Wildman–Crippen LogP) is 13.6. The first-order chi connectivity index (χ1) is 26.0. The summed E-state index contributed by atoms with van der Waals surface area (Å²) in [6.45, 7) is 6.46. The lowest BCUT2D eigenvalue weighted by Crippen LogP contribution is -2.46. The van der Waals surface area contributed by atoms with Crippen LogP contribution < -0.4 is 5.32 Å². The molecule has 0 aromatic heterocycles. The van der Waals surface area contributed by atoms with Crippen LogP contribution in [0.4, 0.5) is 0 Å². The molecule has 0 aromatic carbocycles. The summed E-state index contributed by atoms with van der Waals surface area (Å²) in [6, 6.07) is -0.689. The van der Waals surface area contributed by atoms with Crippen LogP contribution in [0.3, 0.4) is 0 Å². The molecule has 6 nitrogen and oxygen atoms in total. The third kappa shape index (κ3) is 37.6. The van der Waals surface area contributed by atoms with Gasteiger partial charge in [0.15, 0.2) is 0 Å². The van der Waals surface area contributed by atoms with Gasteiger partial charge in [-0.3, -0.25) is 9.59 Å². The van der Waals surface area contributed by atoms with E-state index in [1.165, 1.54) is 180 Å². The molecular formula is C47H93NO5. The number of ether oxygens (including phenoxy) is 1. The van der Waals surface area contributed by atoms with Gasteiger partial charge < -0.3 is 20.3 Å². The first-order valence-electron chi connectivity index (χ1n) is 23.8. The molecule has 0 rings (SSSR count). The fraction of sp³-hybridized carbons (Fsp3) is 0.957. The largest absolute Gasteiger partial charge is 0.462 e. The van der Waals surface area contributed by atoms with Crippen molar-refractivity contribution in [3.05, 3.63) is 0 Å². The lowest BCUT2D eigenvalue weighted by Gasteiger charge is -2.24. The minimum absolute atomic E-state index is 0.0856. The van der Waals surface area contributed by atoms with E-state index < -0.39 is 18.2 Å². The van der Waals surface area contributed by atoms with Crippen LogP contribution in [0.25, 0.3) is 0 Å². The fourth-order valence-corrected chi connectivity index (χ4v) is 7.55. The smallest absolute Gasteiger partial charge is 0.306 e. The molecule has 3 unspecified atom stereocenters. The standard InChI is InChI=1S/C47H93NO5/c1-4-7-10-13-16-18-20-22-23-24-26-28-31-34-37-40-47(52)53-43(38-35-32-29-15-12-9-6-3)41-46(51)48-44(42-49)45(50)39-36-33-30-27-25-21-19-17-14-11-8-5-2/h43-45,49-50H,4-42H2,1-3H3,(H,48,51). The van der Waals surface area contributed by atoms with Crippen LogP contribution in [0, 0.1) is 0 Å². The maximum absolute atomic E-state index is 13.1. The number of aliphatic hydroxyl groups is 2. The Labute approximate surface area is 330 Å². The molecule has 3 atom stereocenters. The second kappa shape index (κ2) is 42.0. The molecule has 0 aliphatic carbocycles. The Kier molecular flexibility index (Phi) is 41.1. The Morgan fingerprint density at radius 3 is 1.15 bits per heavy atom. The van der Waals surface area contributed by atoms with Crippen molar-refractivity contribution < 1.29 is 24.5 Å². The Hall–Kier alpha value is -1.14. The molecule has 53 heavy (non-hydrogen) atoms. The number of esters is 1. The molecule has 0 aliphatic heterocycles. The quantitative estimate of drug-likeness (QED) is 0.0426. The molecule has 0 aliphatic rings. The summed E-state index contributed by atoms with van der Waals surface area (Å²) in [7, 11) is 0. The molecule has 0 spiro atoms. The normalized spacial score (nSPS) is 13.2. The first-order valence-corrected chi connectivity index (χ1v) is 23.8. The van der Waals surface area contributed by atoms with Crippen molar-refractivity contribution in [2.24, 2.45) is 0 Å². The van der Waals surface area contributed by atoms with Crippen LogP contribution in [-0.2, 0) is 14.3 Å². The van der Waals surface area contributed by atoms with Gasteiger partial charge in [-0.2, -0.15) is 0 Å². The summed E-state index contributed by atoms with van der Waals surface area (Å²) in [4.78, 5) is 25.9. The van der Waals surface area contributed by atoms with Gasteiger partial charge in [0.05, 0.1) is 25.2 Å². The highest BCUT2D eigenvalue weighted by Gasteiger charge is 2.24. The third-order valence-electron chi connectivity index (χ3n) is 11.2. The number of unbranched alkanes of at least 4 members (excludes halogenated alkanes) is 31. The average Bonchev–Trinajstić information content (AvgIpc) is 3.15. The van der Waals surface area contributed by atoms with E-state index in [9.17, 15) is 19.8 Å². The lowest BCUT2D eigenvalue weighted by atomic mass is 10.0. The zero-order valence-electron chi connectivity index (χ0n) is 35.9. The van der Waals surface area contributed by atoms with Crippen molar-refractivity contribution in [1.82, 2.24) is 5.32 Å². The SMILES string of the molecule is CCCCCCCCCCCCCCCCCC(=O)OC(CCCCCCCCC)CC(=O)NC(CO)C(O)CCCCCCCCCCCCCC. The second-order valence-corrected chi connectivity index (χ2v) is 16.5. The van der Waals surface area contributed by atoms with Gasteiger partial charge in [0, 0.05) is 6.42 Å². The van der Waals surface area contributed by atoms with E-state index in [1.807, 2.05) is 0 Å². The van der Waals surface area contributed by atoms with E-state index in [4.69, 9.17) is 4.74 Å². The molecule has 0 aromatic rings. The van der Waals surface area contributed by atoms with E-state index in [0.717, 1.165) is 38.5 Å². The van der Waals surface area contributed by atoms with Gasteiger partial charge >= 0.3 is 5.97 Å². The molecule has 0 bridgehead atoms. The zero-order valence-corrected chi connectivity index (χ0v) is 35.9. The van der Waals surface area contributed by atoms with Crippen LogP contribution in [0.1, 0.15) is 265 Å². The van der Waals surface area contributed by atoms with Gasteiger partial charge in [-0.05, 0) is 25.7 Å². The van der Waals surface area contributed by atoms with Crippen molar-refractivity contribution in [3.63, 3.8) is 0 Å². The number of amides is 1. The number of aliphatic hydroxyl groups excluding tert-OH is 2.